The van der Waals surface area contributed by atoms with Gasteiger partial charge in [-0.2, -0.15) is 0 Å². The zero-order valence-corrected chi connectivity index (χ0v) is 13.9. The average Bonchev–Trinajstić information content (AvgIpc) is 2.43. The minimum Gasteiger partial charge on any atom is -0.385 e. The molecular formula is C13H27N3O4S. The fourth-order valence-electron chi connectivity index (χ4n) is 2.36. The quantitative estimate of drug-likeness (QED) is 0.591. The van der Waals surface area contributed by atoms with Crippen molar-refractivity contribution in [1.29, 1.82) is 0 Å². The Kier molecular flexibility index (Phi) is 7.58. The lowest BCUT2D eigenvalue weighted by Crippen LogP contribution is -2.51. The Bertz CT molecular complexity index is 419. The number of ether oxygens (including phenoxy) is 1. The highest BCUT2D eigenvalue weighted by molar-refractivity contribution is 7.88. The molecule has 2 N–H and O–H groups in total. The number of methoxy groups -OCH3 is 1. The molecule has 0 bridgehead atoms. The van der Waals surface area contributed by atoms with Crippen LogP contribution in [0.15, 0.2) is 0 Å². The molecule has 0 aromatic carbocycles. The summed E-state index contributed by atoms with van der Waals surface area (Å²) in [6, 6.07) is -0.0925. The molecule has 1 unspecified atom stereocenters. The maximum atomic E-state index is 11.9. The lowest BCUT2D eigenvalue weighted by molar-refractivity contribution is -0.123. The number of hydrogen-bond donors (Lipinski definition) is 2. The van der Waals surface area contributed by atoms with Crippen molar-refractivity contribution in [1.82, 2.24) is 14.9 Å². The number of amides is 1. The standard InChI is InChI=1S/C13H27N3O4S/c1-11(13(17)14-7-4-10-20-2)15-12-5-8-16(9-6-12)21(3,18)19/h11-12,15H,4-10H2,1-3H3,(H,14,17). The maximum absolute atomic E-state index is 11.9. The molecule has 1 heterocycles. The third-order valence-electron chi connectivity index (χ3n) is 3.63. The van der Waals surface area contributed by atoms with Gasteiger partial charge < -0.3 is 15.4 Å². The van der Waals surface area contributed by atoms with Gasteiger partial charge in [-0.15, -0.1) is 0 Å². The van der Waals surface area contributed by atoms with Crippen molar-refractivity contribution < 1.29 is 17.9 Å². The zero-order chi connectivity index (χ0) is 15.9. The summed E-state index contributed by atoms with van der Waals surface area (Å²) < 4.78 is 29.3. The zero-order valence-electron chi connectivity index (χ0n) is 13.1. The van der Waals surface area contributed by atoms with E-state index in [-0.39, 0.29) is 18.0 Å². The number of nitrogens with zero attached hydrogens (tertiary/aromatic N) is 1. The number of piperidine rings is 1. The molecular weight excluding hydrogens is 294 g/mol. The van der Waals surface area contributed by atoms with Gasteiger partial charge in [0.25, 0.3) is 0 Å². The predicted octanol–water partition coefficient (Wildman–Crippen LogP) is -0.459. The number of sulfonamides is 1. The van der Waals surface area contributed by atoms with E-state index in [1.807, 2.05) is 6.92 Å². The highest BCUT2D eigenvalue weighted by Gasteiger charge is 2.26. The number of rotatable bonds is 8. The van der Waals surface area contributed by atoms with E-state index < -0.39 is 10.0 Å². The summed E-state index contributed by atoms with van der Waals surface area (Å²) in [7, 11) is -1.46. The molecule has 21 heavy (non-hydrogen) atoms. The van der Waals surface area contributed by atoms with E-state index in [9.17, 15) is 13.2 Å². The van der Waals surface area contributed by atoms with Crippen LogP contribution in [0.3, 0.4) is 0 Å². The summed E-state index contributed by atoms with van der Waals surface area (Å²) >= 11 is 0. The van der Waals surface area contributed by atoms with Gasteiger partial charge in [0.1, 0.15) is 0 Å². The fourth-order valence-corrected chi connectivity index (χ4v) is 3.24. The van der Waals surface area contributed by atoms with Crippen LogP contribution in [0.4, 0.5) is 0 Å². The van der Waals surface area contributed by atoms with Crippen molar-refractivity contribution in [3.8, 4) is 0 Å². The molecule has 1 aliphatic heterocycles. The lowest BCUT2D eigenvalue weighted by Gasteiger charge is -2.32. The molecule has 1 rings (SSSR count). The van der Waals surface area contributed by atoms with Crippen molar-refractivity contribution in [3.05, 3.63) is 0 Å². The molecule has 8 heteroatoms. The van der Waals surface area contributed by atoms with E-state index in [4.69, 9.17) is 4.74 Å². The molecule has 124 valence electrons. The fraction of sp³-hybridized carbons (Fsp3) is 0.923. The first-order valence-electron chi connectivity index (χ1n) is 7.32. The van der Waals surface area contributed by atoms with Crippen LogP contribution < -0.4 is 10.6 Å². The summed E-state index contributed by atoms with van der Waals surface area (Å²) in [5, 5.41) is 6.12. The third-order valence-corrected chi connectivity index (χ3v) is 4.93. The molecule has 1 fully saturated rings. The van der Waals surface area contributed by atoms with Gasteiger partial charge in [-0.3, -0.25) is 4.79 Å². The Hall–Kier alpha value is -0.700. The molecule has 1 saturated heterocycles. The summed E-state index contributed by atoms with van der Waals surface area (Å²) in [6.07, 6.45) is 3.49. The smallest absolute Gasteiger partial charge is 0.236 e. The van der Waals surface area contributed by atoms with Crippen molar-refractivity contribution in [2.45, 2.75) is 38.3 Å². The largest absolute Gasteiger partial charge is 0.385 e. The van der Waals surface area contributed by atoms with Gasteiger partial charge in [-0.1, -0.05) is 0 Å². The Morgan fingerprint density at radius 1 is 1.38 bits per heavy atom. The molecule has 1 atom stereocenters. The van der Waals surface area contributed by atoms with Crippen LogP contribution in [0.2, 0.25) is 0 Å². The number of carbonyl (C=O) groups excluding carboxylic acids is 1. The van der Waals surface area contributed by atoms with Crippen LogP contribution >= 0.6 is 0 Å². The van der Waals surface area contributed by atoms with Crippen LogP contribution in [0.1, 0.15) is 26.2 Å². The predicted molar refractivity (Wildman–Crippen MR) is 81.5 cm³/mol. The second kappa shape index (κ2) is 8.67. The Balaban J connectivity index is 2.26. The molecule has 0 aliphatic carbocycles. The molecule has 0 aromatic heterocycles. The summed E-state index contributed by atoms with van der Waals surface area (Å²) in [4.78, 5) is 11.9. The van der Waals surface area contributed by atoms with E-state index in [2.05, 4.69) is 10.6 Å². The Morgan fingerprint density at radius 2 is 2.00 bits per heavy atom. The van der Waals surface area contributed by atoms with Crippen molar-refractivity contribution in [3.63, 3.8) is 0 Å². The van der Waals surface area contributed by atoms with Crippen molar-refractivity contribution in [2.75, 3.05) is 39.6 Å². The molecule has 0 saturated carbocycles. The van der Waals surface area contributed by atoms with Crippen LogP contribution in [0.25, 0.3) is 0 Å². The minimum absolute atomic E-state index is 0.0309. The molecule has 1 aliphatic rings. The van der Waals surface area contributed by atoms with E-state index in [1.54, 1.807) is 7.11 Å². The second-order valence-corrected chi connectivity index (χ2v) is 7.44. The van der Waals surface area contributed by atoms with Crippen LogP contribution in [0, 0.1) is 0 Å². The minimum atomic E-state index is -3.10. The molecule has 0 spiro atoms. The molecule has 0 aromatic rings. The average molecular weight is 321 g/mol. The van der Waals surface area contributed by atoms with Gasteiger partial charge in [0.2, 0.25) is 15.9 Å². The van der Waals surface area contributed by atoms with Crippen molar-refractivity contribution >= 4 is 15.9 Å². The maximum Gasteiger partial charge on any atom is 0.236 e. The van der Waals surface area contributed by atoms with Gasteiger partial charge in [0, 0.05) is 39.4 Å². The molecule has 1 amide bonds. The first-order valence-corrected chi connectivity index (χ1v) is 9.17. The highest BCUT2D eigenvalue weighted by Crippen LogP contribution is 2.13. The highest BCUT2D eigenvalue weighted by atomic mass is 32.2. The number of nitrogens with one attached hydrogen (secondary N) is 2. The SMILES string of the molecule is COCCCNC(=O)C(C)NC1CCN(S(C)(=O)=O)CC1. The van der Waals surface area contributed by atoms with Crippen LogP contribution in [-0.4, -0.2) is 70.3 Å². The van der Waals surface area contributed by atoms with Gasteiger partial charge in [0.15, 0.2) is 0 Å². The summed E-state index contributed by atoms with van der Waals surface area (Å²) in [5.74, 6) is -0.0309. The summed E-state index contributed by atoms with van der Waals surface area (Å²) in [5.41, 5.74) is 0. The third kappa shape index (κ3) is 6.73. The molecule has 0 radical (unpaired) electrons. The monoisotopic (exact) mass is 321 g/mol. The van der Waals surface area contributed by atoms with E-state index in [0.29, 0.717) is 26.2 Å². The Morgan fingerprint density at radius 3 is 2.52 bits per heavy atom. The first-order chi connectivity index (χ1) is 9.84. The second-order valence-electron chi connectivity index (χ2n) is 5.46. The van der Waals surface area contributed by atoms with Crippen LogP contribution in [0.5, 0.6) is 0 Å². The first kappa shape index (κ1) is 18.3. The lowest BCUT2D eigenvalue weighted by atomic mass is 10.1. The van der Waals surface area contributed by atoms with Crippen molar-refractivity contribution in [2.24, 2.45) is 0 Å². The van der Waals surface area contributed by atoms with Crippen LogP contribution in [-0.2, 0) is 19.6 Å². The van der Waals surface area contributed by atoms with E-state index >= 15 is 0 Å². The number of hydrogen-bond acceptors (Lipinski definition) is 5. The Labute approximate surface area is 127 Å². The topological polar surface area (TPSA) is 87.7 Å². The number of carbonyl (C=O) groups is 1. The van der Waals surface area contributed by atoms with Gasteiger partial charge in [-0.25, -0.2) is 12.7 Å². The summed E-state index contributed by atoms with van der Waals surface area (Å²) in [6.45, 7) is 4.09. The van der Waals surface area contributed by atoms with E-state index in [1.165, 1.54) is 10.6 Å². The van der Waals surface area contributed by atoms with E-state index in [0.717, 1.165) is 19.3 Å². The van der Waals surface area contributed by atoms with Gasteiger partial charge in [-0.05, 0) is 26.2 Å². The normalized spacial score (nSPS) is 19.4. The van der Waals surface area contributed by atoms with Gasteiger partial charge in [0.05, 0.1) is 12.3 Å². The molecule has 7 nitrogen and oxygen atoms in total. The van der Waals surface area contributed by atoms with Gasteiger partial charge >= 0.3 is 0 Å².